The molecule has 0 radical (unpaired) electrons. The van der Waals surface area contributed by atoms with Crippen molar-refractivity contribution in [3.8, 4) is 0 Å². The zero-order chi connectivity index (χ0) is 24.5. The van der Waals surface area contributed by atoms with Crippen LogP contribution in [-0.2, 0) is 18.9 Å². The summed E-state index contributed by atoms with van der Waals surface area (Å²) >= 11 is 0. The number of aliphatic hydroxyl groups is 3. The topological polar surface area (TPSA) is 200 Å². The molecule has 3 rings (SSSR count). The highest BCUT2D eigenvalue weighted by atomic mass is 16.7. The number of nitrogens with one attached hydrogen (secondary N) is 2. The zero-order valence-corrected chi connectivity index (χ0v) is 19.6. The zero-order valence-electron chi connectivity index (χ0n) is 19.6. The average Bonchev–Trinajstić information content (AvgIpc) is 2.76. The second-order valence-electron chi connectivity index (χ2n) is 9.56. The van der Waals surface area contributed by atoms with Crippen LogP contribution in [0.5, 0.6) is 0 Å². The van der Waals surface area contributed by atoms with E-state index in [4.69, 9.17) is 36.1 Å². The normalized spacial score (nSPS) is 48.9. The first-order chi connectivity index (χ1) is 15.5. The van der Waals surface area contributed by atoms with Gasteiger partial charge in [-0.2, -0.15) is 0 Å². The van der Waals surface area contributed by atoms with Gasteiger partial charge in [-0.3, -0.25) is 0 Å². The molecule has 0 aromatic rings. The molecule has 12 atom stereocenters. The van der Waals surface area contributed by atoms with Gasteiger partial charge in [0.05, 0.1) is 24.8 Å². The van der Waals surface area contributed by atoms with E-state index in [2.05, 4.69) is 17.2 Å². The summed E-state index contributed by atoms with van der Waals surface area (Å²) in [5.74, 6) is 0. The summed E-state index contributed by atoms with van der Waals surface area (Å²) in [5.41, 5.74) is 18.2. The molecule has 33 heavy (non-hydrogen) atoms. The molecule has 12 nitrogen and oxygen atoms in total. The number of rotatable bonds is 7. The third-order valence-corrected chi connectivity index (χ3v) is 6.91. The van der Waals surface area contributed by atoms with Gasteiger partial charge in [-0.1, -0.05) is 6.58 Å². The van der Waals surface area contributed by atoms with Gasteiger partial charge in [0.15, 0.2) is 12.6 Å². The van der Waals surface area contributed by atoms with E-state index in [1.807, 2.05) is 0 Å². The Bertz CT molecular complexity index is 671. The van der Waals surface area contributed by atoms with E-state index in [1.165, 1.54) is 0 Å². The molecular formula is C21H41N5O7. The van der Waals surface area contributed by atoms with Gasteiger partial charge >= 0.3 is 0 Å². The summed E-state index contributed by atoms with van der Waals surface area (Å²) in [6.45, 7) is 5.43. The fraction of sp³-hybridized carbons (Fsp3) is 0.905. The van der Waals surface area contributed by atoms with E-state index in [0.29, 0.717) is 25.0 Å². The lowest BCUT2D eigenvalue weighted by molar-refractivity contribution is -0.306. The van der Waals surface area contributed by atoms with Crippen LogP contribution in [0.4, 0.5) is 0 Å². The van der Waals surface area contributed by atoms with Crippen molar-refractivity contribution >= 4 is 0 Å². The Morgan fingerprint density at radius 3 is 2.18 bits per heavy atom. The number of likely N-dealkylation sites (N-methyl/N-ethyl adjacent to an activating group) is 2. The lowest BCUT2D eigenvalue weighted by atomic mass is 9.84. The monoisotopic (exact) mass is 475 g/mol. The van der Waals surface area contributed by atoms with Crippen LogP contribution < -0.4 is 27.8 Å². The van der Waals surface area contributed by atoms with E-state index >= 15 is 0 Å². The largest absolute Gasteiger partial charge is 0.390 e. The Kier molecular flexibility index (Phi) is 8.73. The van der Waals surface area contributed by atoms with Gasteiger partial charge in [0.1, 0.15) is 30.0 Å². The van der Waals surface area contributed by atoms with E-state index in [0.717, 1.165) is 0 Å². The van der Waals surface area contributed by atoms with Gasteiger partial charge < -0.3 is 62.1 Å². The third-order valence-electron chi connectivity index (χ3n) is 6.91. The minimum Gasteiger partial charge on any atom is -0.390 e. The van der Waals surface area contributed by atoms with Gasteiger partial charge in [-0.05, 0) is 33.2 Å². The molecule has 1 saturated carbocycles. The van der Waals surface area contributed by atoms with E-state index in [-0.39, 0.29) is 12.7 Å². The van der Waals surface area contributed by atoms with Crippen molar-refractivity contribution in [2.24, 2.45) is 17.2 Å². The first kappa shape index (κ1) is 26.7. The number of hydrogen-bond acceptors (Lipinski definition) is 12. The van der Waals surface area contributed by atoms with E-state index in [9.17, 15) is 15.3 Å². The third kappa shape index (κ3) is 5.68. The van der Waals surface area contributed by atoms with Crippen molar-refractivity contribution in [3.63, 3.8) is 0 Å². The predicted molar refractivity (Wildman–Crippen MR) is 120 cm³/mol. The van der Waals surface area contributed by atoms with Gasteiger partial charge in [0, 0.05) is 24.8 Å². The molecule has 0 amide bonds. The number of hydrogen-bond donors (Lipinski definition) is 8. The summed E-state index contributed by atoms with van der Waals surface area (Å²) in [5, 5.41) is 38.1. The number of nitrogens with two attached hydrogens (primary N) is 3. The second-order valence-corrected chi connectivity index (χ2v) is 9.56. The minimum absolute atomic E-state index is 0.0702. The summed E-state index contributed by atoms with van der Waals surface area (Å²) in [7, 11) is 3.39. The van der Waals surface area contributed by atoms with Crippen LogP contribution in [0.15, 0.2) is 12.3 Å². The predicted octanol–water partition coefficient (Wildman–Crippen LogP) is -3.20. The van der Waals surface area contributed by atoms with Crippen molar-refractivity contribution < 1.29 is 34.3 Å². The van der Waals surface area contributed by atoms with Crippen molar-refractivity contribution in [3.05, 3.63) is 12.3 Å². The second kappa shape index (κ2) is 10.8. The minimum atomic E-state index is -1.29. The Hall–Kier alpha value is -0.900. The Morgan fingerprint density at radius 2 is 1.61 bits per heavy atom. The molecule has 0 aromatic heterocycles. The summed E-state index contributed by atoms with van der Waals surface area (Å²) in [4.78, 5) is 0. The summed E-state index contributed by atoms with van der Waals surface area (Å²) in [6.07, 6.45) is -4.75. The molecule has 2 heterocycles. The Morgan fingerprint density at radius 1 is 1.00 bits per heavy atom. The van der Waals surface area contributed by atoms with E-state index in [1.54, 1.807) is 21.0 Å². The van der Waals surface area contributed by atoms with Crippen molar-refractivity contribution in [1.82, 2.24) is 10.6 Å². The molecule has 3 fully saturated rings. The molecule has 12 unspecified atom stereocenters. The van der Waals surface area contributed by atoms with Gasteiger partial charge in [-0.15, -0.1) is 0 Å². The number of ether oxygens (including phenoxy) is 4. The Balaban J connectivity index is 1.69. The van der Waals surface area contributed by atoms with Crippen molar-refractivity contribution in [1.29, 1.82) is 0 Å². The molecule has 0 spiro atoms. The highest BCUT2D eigenvalue weighted by molar-refractivity contribution is 5.03. The molecule has 12 heteroatoms. The molecule has 1 aliphatic carbocycles. The smallest absolute Gasteiger partial charge is 0.185 e. The maximum atomic E-state index is 11.1. The maximum Gasteiger partial charge on any atom is 0.185 e. The fourth-order valence-corrected chi connectivity index (χ4v) is 4.88. The quantitative estimate of drug-likeness (QED) is 0.184. The van der Waals surface area contributed by atoms with Crippen LogP contribution in [0, 0.1) is 0 Å². The molecule has 0 aromatic carbocycles. The number of aliphatic hydroxyl groups excluding tert-OH is 2. The molecule has 2 aliphatic heterocycles. The lowest BCUT2D eigenvalue weighted by Gasteiger charge is -2.48. The maximum absolute atomic E-state index is 11.1. The SMILES string of the molecule is C=C(NC)C1CCC(N)C(OC2C(N)CC(N)C(OC3OCC(C)(O)C(NC)C3O)C2O)O1. The van der Waals surface area contributed by atoms with E-state index < -0.39 is 66.8 Å². The van der Waals surface area contributed by atoms with Crippen LogP contribution in [0.2, 0.25) is 0 Å². The molecular weight excluding hydrogens is 434 g/mol. The van der Waals surface area contributed by atoms with Gasteiger partial charge in [0.25, 0.3) is 0 Å². The van der Waals surface area contributed by atoms with Crippen molar-refractivity contribution in [2.75, 3.05) is 20.7 Å². The van der Waals surface area contributed by atoms with Crippen LogP contribution in [0.25, 0.3) is 0 Å². The molecule has 0 bridgehead atoms. The van der Waals surface area contributed by atoms with Gasteiger partial charge in [-0.25, -0.2) is 0 Å². The average molecular weight is 476 g/mol. The molecule has 2 saturated heterocycles. The van der Waals surface area contributed by atoms with Crippen LogP contribution in [0.1, 0.15) is 26.2 Å². The first-order valence-corrected chi connectivity index (χ1v) is 11.5. The molecule has 192 valence electrons. The van der Waals surface area contributed by atoms with Crippen LogP contribution in [0.3, 0.4) is 0 Å². The van der Waals surface area contributed by atoms with Gasteiger partial charge in [0.2, 0.25) is 0 Å². The standard InChI is InChI=1S/C21H41N5O7/c1-9(25-3)13-6-5-10(22)19(31-13)32-16-11(23)7-12(24)17(14(16)27)33-20-15(28)18(26-4)21(2,29)8-30-20/h10-20,25-29H,1,5-8,22-24H2,2-4H3. The lowest BCUT2D eigenvalue weighted by Crippen LogP contribution is -2.68. The van der Waals surface area contributed by atoms with Crippen molar-refractivity contribution in [2.45, 2.75) is 99.1 Å². The highest BCUT2D eigenvalue weighted by Crippen LogP contribution is 2.31. The highest BCUT2D eigenvalue weighted by Gasteiger charge is 2.50. The fourth-order valence-electron chi connectivity index (χ4n) is 4.88. The van der Waals surface area contributed by atoms with Crippen LogP contribution >= 0.6 is 0 Å². The Labute approximate surface area is 194 Å². The van der Waals surface area contributed by atoms with Crippen LogP contribution in [-0.4, -0.2) is 109 Å². The molecule has 11 N–H and O–H groups in total. The first-order valence-electron chi connectivity index (χ1n) is 11.5. The summed E-state index contributed by atoms with van der Waals surface area (Å²) < 4.78 is 23.6. The molecule has 3 aliphatic rings. The summed E-state index contributed by atoms with van der Waals surface area (Å²) in [6, 6.07) is -2.31.